The van der Waals surface area contributed by atoms with E-state index in [0.717, 1.165) is 56.8 Å². The van der Waals surface area contributed by atoms with Crippen LogP contribution in [0.15, 0.2) is 12.1 Å². The number of nitrogens with one attached hydrogen (secondary N) is 1. The number of carbonyl (C=O) groups excluding carboxylic acids is 1. The molecule has 0 saturated heterocycles. The van der Waals surface area contributed by atoms with E-state index in [4.69, 9.17) is 20.2 Å². The van der Waals surface area contributed by atoms with Gasteiger partial charge < -0.3 is 25.4 Å². The number of aromatic nitrogens is 1. The molecule has 0 radical (unpaired) electrons. The van der Waals surface area contributed by atoms with Crippen molar-refractivity contribution < 1.29 is 14.3 Å². The second-order valence-corrected chi connectivity index (χ2v) is 8.63. The summed E-state index contributed by atoms with van der Waals surface area (Å²) in [5.41, 5.74) is 7.88. The van der Waals surface area contributed by atoms with Gasteiger partial charge in [0.1, 0.15) is 17.5 Å². The molecule has 1 aromatic rings. The number of anilines is 1. The van der Waals surface area contributed by atoms with Gasteiger partial charge in [0.15, 0.2) is 0 Å². The number of ether oxygens (including phenoxy) is 2. The Balaban J connectivity index is 2.46. The maximum absolute atomic E-state index is 12.1. The van der Waals surface area contributed by atoms with Crippen molar-refractivity contribution in [2.24, 2.45) is 5.73 Å². The number of methoxy groups -OCH3 is 1. The first-order valence-electron chi connectivity index (χ1n) is 11.1. The fraction of sp³-hybridized carbons (Fsp3) is 0.739. The molecule has 0 aromatic carbocycles. The molecule has 30 heavy (non-hydrogen) atoms. The van der Waals surface area contributed by atoms with Crippen LogP contribution in [0.5, 0.6) is 0 Å². The fourth-order valence-corrected chi connectivity index (χ4v) is 3.18. The number of hydrogen-bond acceptors (Lipinski definition) is 7. The molecule has 0 spiro atoms. The van der Waals surface area contributed by atoms with E-state index >= 15 is 0 Å². The summed E-state index contributed by atoms with van der Waals surface area (Å²) < 4.78 is 10.6. The molecule has 7 heteroatoms. The fourth-order valence-electron chi connectivity index (χ4n) is 3.18. The van der Waals surface area contributed by atoms with E-state index in [1.165, 1.54) is 5.56 Å². The molecule has 0 aliphatic heterocycles. The van der Waals surface area contributed by atoms with Gasteiger partial charge in [0.2, 0.25) is 0 Å². The molecule has 1 atom stereocenters. The van der Waals surface area contributed by atoms with Gasteiger partial charge in [0, 0.05) is 32.9 Å². The summed E-state index contributed by atoms with van der Waals surface area (Å²) in [4.78, 5) is 19.1. The number of carbonyl (C=O) groups is 1. The van der Waals surface area contributed by atoms with Crippen LogP contribution in [-0.4, -0.2) is 67.9 Å². The first kappa shape index (κ1) is 26.3. The quantitative estimate of drug-likeness (QED) is 0.352. The van der Waals surface area contributed by atoms with E-state index in [1.54, 1.807) is 7.11 Å². The number of pyridine rings is 1. The second-order valence-electron chi connectivity index (χ2n) is 8.63. The summed E-state index contributed by atoms with van der Waals surface area (Å²) in [6.07, 6.45) is 4.61. The molecular formula is C23H42N4O3. The highest BCUT2D eigenvalue weighted by Gasteiger charge is 2.22. The van der Waals surface area contributed by atoms with Crippen molar-refractivity contribution >= 4 is 11.8 Å². The normalized spacial score (nSPS) is 12.8. The maximum Gasteiger partial charge on any atom is 0.323 e. The van der Waals surface area contributed by atoms with Gasteiger partial charge in [-0.05, 0) is 71.0 Å². The number of rotatable bonds is 14. The second kappa shape index (κ2) is 13.6. The zero-order valence-electron chi connectivity index (χ0n) is 19.8. The van der Waals surface area contributed by atoms with Gasteiger partial charge in [0.05, 0.1) is 6.61 Å². The van der Waals surface area contributed by atoms with Crippen LogP contribution in [0.3, 0.4) is 0 Å². The predicted molar refractivity (Wildman–Crippen MR) is 123 cm³/mol. The van der Waals surface area contributed by atoms with Gasteiger partial charge in [-0.15, -0.1) is 0 Å². The van der Waals surface area contributed by atoms with Gasteiger partial charge in [-0.2, -0.15) is 0 Å². The molecule has 3 N–H and O–H groups in total. The maximum atomic E-state index is 12.1. The van der Waals surface area contributed by atoms with Crippen LogP contribution >= 0.6 is 0 Å². The molecule has 0 fully saturated rings. The van der Waals surface area contributed by atoms with Crippen LogP contribution < -0.4 is 11.1 Å². The third kappa shape index (κ3) is 10.4. The highest BCUT2D eigenvalue weighted by Crippen LogP contribution is 2.15. The number of hydrogen-bond donors (Lipinski definition) is 2. The lowest BCUT2D eigenvalue weighted by atomic mass is 10.1. The van der Waals surface area contributed by atoms with Crippen molar-refractivity contribution in [3.05, 3.63) is 23.4 Å². The summed E-state index contributed by atoms with van der Waals surface area (Å²) in [6.45, 7) is 10.9. The minimum absolute atomic E-state index is 0.337. The Morgan fingerprint density at radius 2 is 1.97 bits per heavy atom. The zero-order valence-corrected chi connectivity index (χ0v) is 19.8. The molecule has 172 valence electrons. The highest BCUT2D eigenvalue weighted by molar-refractivity contribution is 5.75. The van der Waals surface area contributed by atoms with Crippen LogP contribution in [0, 0.1) is 0 Å². The Bertz CT molecular complexity index is 631. The molecular weight excluding hydrogens is 380 g/mol. The number of nitrogens with zero attached hydrogens (tertiary/aromatic N) is 2. The Hall–Kier alpha value is -1.70. The first-order chi connectivity index (χ1) is 14.2. The monoisotopic (exact) mass is 422 g/mol. The van der Waals surface area contributed by atoms with E-state index in [9.17, 15) is 4.79 Å². The van der Waals surface area contributed by atoms with Gasteiger partial charge in [-0.1, -0.05) is 13.0 Å². The predicted octanol–water partition coefficient (Wildman–Crippen LogP) is 3.02. The molecule has 0 aliphatic rings. The van der Waals surface area contributed by atoms with E-state index in [0.29, 0.717) is 13.0 Å². The van der Waals surface area contributed by atoms with Gasteiger partial charge >= 0.3 is 5.97 Å². The molecule has 0 bridgehead atoms. The zero-order chi connectivity index (χ0) is 22.6. The van der Waals surface area contributed by atoms with E-state index in [-0.39, 0.29) is 5.97 Å². The molecule has 1 rings (SSSR count). The smallest absolute Gasteiger partial charge is 0.323 e. The van der Waals surface area contributed by atoms with Crippen molar-refractivity contribution in [3.8, 4) is 0 Å². The summed E-state index contributed by atoms with van der Waals surface area (Å²) in [5.74, 6) is 0.643. The third-order valence-corrected chi connectivity index (χ3v) is 4.89. The van der Waals surface area contributed by atoms with Crippen molar-refractivity contribution in [2.75, 3.05) is 45.7 Å². The summed E-state index contributed by atoms with van der Waals surface area (Å²) in [5, 5.41) is 3.19. The van der Waals surface area contributed by atoms with Crippen LogP contribution in [0.4, 0.5) is 5.82 Å². The third-order valence-electron chi connectivity index (χ3n) is 4.89. The van der Waals surface area contributed by atoms with Crippen molar-refractivity contribution in [2.45, 2.75) is 71.4 Å². The highest BCUT2D eigenvalue weighted by atomic mass is 16.6. The van der Waals surface area contributed by atoms with Gasteiger partial charge in [0.25, 0.3) is 0 Å². The molecule has 1 heterocycles. The van der Waals surface area contributed by atoms with Crippen LogP contribution in [0.2, 0.25) is 0 Å². The molecule has 0 aliphatic carbocycles. The Kier molecular flexibility index (Phi) is 11.9. The Morgan fingerprint density at radius 3 is 2.57 bits per heavy atom. The lowest BCUT2D eigenvalue weighted by molar-refractivity contribution is -0.156. The van der Waals surface area contributed by atoms with E-state index < -0.39 is 11.6 Å². The topological polar surface area (TPSA) is 89.7 Å². The van der Waals surface area contributed by atoms with Crippen molar-refractivity contribution in [1.29, 1.82) is 0 Å². The van der Waals surface area contributed by atoms with Gasteiger partial charge in [-0.25, -0.2) is 4.98 Å². The average Bonchev–Trinajstić information content (AvgIpc) is 2.70. The Morgan fingerprint density at radius 1 is 1.23 bits per heavy atom. The van der Waals surface area contributed by atoms with Gasteiger partial charge in [-0.3, -0.25) is 4.79 Å². The van der Waals surface area contributed by atoms with E-state index in [1.807, 2.05) is 27.8 Å². The molecule has 0 saturated carbocycles. The number of aryl methyl sites for hydroxylation is 2. The minimum Gasteiger partial charge on any atom is -0.459 e. The summed E-state index contributed by atoms with van der Waals surface area (Å²) in [7, 11) is 3.62. The van der Waals surface area contributed by atoms with Crippen molar-refractivity contribution in [3.63, 3.8) is 0 Å². The Labute approximate surface area is 182 Å². The minimum atomic E-state index is -0.601. The summed E-state index contributed by atoms with van der Waals surface area (Å²) in [6, 6.07) is 3.69. The number of unbranched alkanes of at least 4 members (excludes halogenated alkanes) is 1. The van der Waals surface area contributed by atoms with Crippen molar-refractivity contribution in [1.82, 2.24) is 9.88 Å². The molecule has 0 amide bonds. The molecule has 1 aromatic heterocycles. The largest absolute Gasteiger partial charge is 0.459 e. The lowest BCUT2D eigenvalue weighted by Gasteiger charge is -2.25. The van der Waals surface area contributed by atoms with Crippen LogP contribution in [0.1, 0.15) is 58.2 Å². The first-order valence-corrected chi connectivity index (χ1v) is 11.1. The molecule has 7 nitrogen and oxygen atoms in total. The lowest BCUT2D eigenvalue weighted by Crippen LogP contribution is -2.40. The van der Waals surface area contributed by atoms with Crippen LogP contribution in [0.25, 0.3) is 0 Å². The number of esters is 1. The summed E-state index contributed by atoms with van der Waals surface area (Å²) >= 11 is 0. The standard InChI is InChI=1S/C23H42N4O3/c1-7-18-11-12-19(26-21(18)25-5)10-8-9-14-27(16-17-29-6)15-13-20(24)22(28)30-23(2,3)4/h11-12,20H,7-10,13-17,24H2,1-6H3,(H,25,26). The van der Waals surface area contributed by atoms with E-state index in [2.05, 4.69) is 29.3 Å². The number of nitrogens with two attached hydrogens (primary N) is 1. The molecule has 1 unspecified atom stereocenters. The SMILES string of the molecule is CCc1ccc(CCCCN(CCOC)CCC(N)C(=O)OC(C)(C)C)nc1NC. The average molecular weight is 423 g/mol. The van der Waals surface area contributed by atoms with Crippen LogP contribution in [-0.2, 0) is 27.1 Å².